The first-order valence-corrected chi connectivity index (χ1v) is 8.34. The van der Waals surface area contributed by atoms with Crippen molar-refractivity contribution < 1.29 is 5.11 Å². The van der Waals surface area contributed by atoms with Gasteiger partial charge in [0.25, 0.3) is 0 Å². The molecule has 0 amide bonds. The summed E-state index contributed by atoms with van der Waals surface area (Å²) in [4.78, 5) is 4.67. The molecule has 21 heavy (non-hydrogen) atoms. The smallest absolute Gasteiger partial charge is 0.191 e. The molecule has 0 fully saturated rings. The van der Waals surface area contributed by atoms with Crippen LogP contribution >= 0.6 is 24.0 Å². The van der Waals surface area contributed by atoms with Crippen LogP contribution in [0.1, 0.15) is 59.8 Å². The summed E-state index contributed by atoms with van der Waals surface area (Å²) in [6.45, 7) is 11.7. The van der Waals surface area contributed by atoms with Crippen LogP contribution in [0.3, 0.4) is 0 Å². The van der Waals surface area contributed by atoms with Crippen LogP contribution in [-0.2, 0) is 0 Å². The standard InChI is InChI=1S/C16H35N3O.HI/c1-5-9-15(10-11-20)13-19-16(17-8-4)18-12-14(6-2)7-3;/h14-15,20H,5-13H2,1-4H3,(H2,17,18,19);1H. The lowest BCUT2D eigenvalue weighted by molar-refractivity contribution is 0.253. The van der Waals surface area contributed by atoms with Gasteiger partial charge in [-0.1, -0.05) is 40.0 Å². The molecule has 0 aromatic heterocycles. The lowest BCUT2D eigenvalue weighted by atomic mass is 10.0. The van der Waals surface area contributed by atoms with Crippen LogP contribution in [0.2, 0.25) is 0 Å². The van der Waals surface area contributed by atoms with Crippen molar-refractivity contribution in [1.29, 1.82) is 0 Å². The molecule has 4 nitrogen and oxygen atoms in total. The van der Waals surface area contributed by atoms with E-state index in [0.29, 0.717) is 11.8 Å². The first-order chi connectivity index (χ1) is 9.71. The predicted molar refractivity (Wildman–Crippen MR) is 104 cm³/mol. The molecule has 0 spiro atoms. The number of aliphatic hydroxyl groups is 1. The van der Waals surface area contributed by atoms with Crippen molar-refractivity contribution in [3.05, 3.63) is 0 Å². The number of nitrogens with one attached hydrogen (secondary N) is 2. The number of halogens is 1. The lowest BCUT2D eigenvalue weighted by Crippen LogP contribution is -2.40. The van der Waals surface area contributed by atoms with Gasteiger partial charge in [0.15, 0.2) is 5.96 Å². The van der Waals surface area contributed by atoms with E-state index in [4.69, 9.17) is 5.11 Å². The molecule has 0 aliphatic heterocycles. The normalized spacial score (nSPS) is 13.0. The lowest BCUT2D eigenvalue weighted by Gasteiger charge is -2.18. The molecule has 0 heterocycles. The van der Waals surface area contributed by atoms with E-state index in [9.17, 15) is 0 Å². The molecule has 5 heteroatoms. The summed E-state index contributed by atoms with van der Waals surface area (Å²) in [6, 6.07) is 0. The maximum atomic E-state index is 9.09. The van der Waals surface area contributed by atoms with E-state index in [1.807, 2.05) is 0 Å². The molecular formula is C16H36IN3O. The van der Waals surface area contributed by atoms with Gasteiger partial charge >= 0.3 is 0 Å². The summed E-state index contributed by atoms with van der Waals surface area (Å²) in [5, 5.41) is 15.8. The van der Waals surface area contributed by atoms with Crippen molar-refractivity contribution in [2.75, 3.05) is 26.2 Å². The zero-order valence-corrected chi connectivity index (χ0v) is 16.7. The summed E-state index contributed by atoms with van der Waals surface area (Å²) < 4.78 is 0. The molecule has 1 atom stereocenters. The minimum absolute atomic E-state index is 0. The maximum absolute atomic E-state index is 9.09. The predicted octanol–water partition coefficient (Wildman–Crippen LogP) is 3.39. The van der Waals surface area contributed by atoms with Crippen molar-refractivity contribution in [1.82, 2.24) is 10.6 Å². The third-order valence-corrected chi connectivity index (χ3v) is 3.80. The van der Waals surface area contributed by atoms with E-state index in [1.54, 1.807) is 0 Å². The second-order valence-electron chi connectivity index (χ2n) is 5.45. The van der Waals surface area contributed by atoms with Gasteiger partial charge in [0, 0.05) is 26.2 Å². The molecule has 0 aliphatic rings. The van der Waals surface area contributed by atoms with Gasteiger partial charge < -0.3 is 15.7 Å². The largest absolute Gasteiger partial charge is 0.396 e. The van der Waals surface area contributed by atoms with Crippen molar-refractivity contribution in [2.24, 2.45) is 16.8 Å². The van der Waals surface area contributed by atoms with Crippen LogP contribution in [0, 0.1) is 11.8 Å². The van der Waals surface area contributed by atoms with Crippen molar-refractivity contribution in [3.63, 3.8) is 0 Å². The Balaban J connectivity index is 0. The second-order valence-corrected chi connectivity index (χ2v) is 5.45. The van der Waals surface area contributed by atoms with Crippen LogP contribution < -0.4 is 10.6 Å². The van der Waals surface area contributed by atoms with E-state index in [1.165, 1.54) is 12.8 Å². The second kappa shape index (κ2) is 16.3. The van der Waals surface area contributed by atoms with Gasteiger partial charge in [-0.05, 0) is 31.6 Å². The molecule has 0 bridgehead atoms. The zero-order valence-electron chi connectivity index (χ0n) is 14.3. The summed E-state index contributed by atoms with van der Waals surface area (Å²) in [6.07, 6.45) is 5.54. The molecule has 3 N–H and O–H groups in total. The number of hydrogen-bond acceptors (Lipinski definition) is 2. The highest BCUT2D eigenvalue weighted by Crippen LogP contribution is 2.11. The van der Waals surface area contributed by atoms with Crippen LogP contribution in [0.25, 0.3) is 0 Å². The van der Waals surface area contributed by atoms with Crippen LogP contribution in [0.15, 0.2) is 4.99 Å². The fraction of sp³-hybridized carbons (Fsp3) is 0.938. The first kappa shape index (κ1) is 23.2. The van der Waals surface area contributed by atoms with Gasteiger partial charge in [0.2, 0.25) is 0 Å². The Morgan fingerprint density at radius 3 is 2.14 bits per heavy atom. The van der Waals surface area contributed by atoms with Gasteiger partial charge in [-0.2, -0.15) is 0 Å². The van der Waals surface area contributed by atoms with Crippen LogP contribution in [0.5, 0.6) is 0 Å². The molecule has 0 saturated carbocycles. The van der Waals surface area contributed by atoms with Gasteiger partial charge in [-0.25, -0.2) is 0 Å². The molecule has 0 rings (SSSR count). The number of nitrogens with zero attached hydrogens (tertiary/aromatic N) is 1. The zero-order chi connectivity index (χ0) is 15.2. The van der Waals surface area contributed by atoms with Crippen molar-refractivity contribution in [2.45, 2.75) is 59.8 Å². The molecule has 0 aromatic rings. The van der Waals surface area contributed by atoms with Gasteiger partial charge in [0.1, 0.15) is 0 Å². The summed E-state index contributed by atoms with van der Waals surface area (Å²) in [7, 11) is 0. The molecule has 0 aliphatic carbocycles. The Bertz CT molecular complexity index is 240. The Labute approximate surface area is 148 Å². The number of rotatable bonds is 11. The average Bonchev–Trinajstić information content (AvgIpc) is 2.45. The number of aliphatic imine (C=N–C) groups is 1. The van der Waals surface area contributed by atoms with Crippen LogP contribution in [0.4, 0.5) is 0 Å². The monoisotopic (exact) mass is 413 g/mol. The highest BCUT2D eigenvalue weighted by Gasteiger charge is 2.08. The van der Waals surface area contributed by atoms with Gasteiger partial charge in [-0.15, -0.1) is 24.0 Å². The minimum Gasteiger partial charge on any atom is -0.396 e. The summed E-state index contributed by atoms with van der Waals surface area (Å²) >= 11 is 0. The molecule has 0 saturated heterocycles. The number of hydrogen-bond donors (Lipinski definition) is 3. The Hall–Kier alpha value is -0.0400. The quantitative estimate of drug-likeness (QED) is 0.277. The minimum atomic E-state index is 0. The third-order valence-electron chi connectivity index (χ3n) is 3.80. The van der Waals surface area contributed by atoms with E-state index in [0.717, 1.165) is 44.9 Å². The molecular weight excluding hydrogens is 377 g/mol. The highest BCUT2D eigenvalue weighted by molar-refractivity contribution is 14.0. The van der Waals surface area contributed by atoms with Gasteiger partial charge in [-0.3, -0.25) is 4.99 Å². The topological polar surface area (TPSA) is 56.7 Å². The van der Waals surface area contributed by atoms with Crippen LogP contribution in [-0.4, -0.2) is 37.3 Å². The molecule has 1 unspecified atom stereocenters. The Morgan fingerprint density at radius 1 is 1.00 bits per heavy atom. The number of aliphatic hydroxyl groups excluding tert-OH is 1. The fourth-order valence-corrected chi connectivity index (χ4v) is 2.30. The Morgan fingerprint density at radius 2 is 1.67 bits per heavy atom. The van der Waals surface area contributed by atoms with Crippen molar-refractivity contribution in [3.8, 4) is 0 Å². The molecule has 0 aromatic carbocycles. The summed E-state index contributed by atoms with van der Waals surface area (Å²) in [5.41, 5.74) is 0. The van der Waals surface area contributed by atoms with E-state index >= 15 is 0 Å². The van der Waals surface area contributed by atoms with Gasteiger partial charge in [0.05, 0.1) is 0 Å². The van der Waals surface area contributed by atoms with Crippen molar-refractivity contribution >= 4 is 29.9 Å². The van der Waals surface area contributed by atoms with E-state index in [2.05, 4.69) is 43.3 Å². The fourth-order valence-electron chi connectivity index (χ4n) is 2.30. The average molecular weight is 413 g/mol. The van der Waals surface area contributed by atoms with E-state index in [-0.39, 0.29) is 30.6 Å². The number of guanidine groups is 1. The molecule has 128 valence electrons. The van der Waals surface area contributed by atoms with E-state index < -0.39 is 0 Å². The Kier molecular flexibility index (Phi) is 18.1. The third kappa shape index (κ3) is 12.2. The summed E-state index contributed by atoms with van der Waals surface area (Å²) in [5.74, 6) is 2.12. The molecule has 0 radical (unpaired) electrons. The highest BCUT2D eigenvalue weighted by atomic mass is 127. The maximum Gasteiger partial charge on any atom is 0.191 e. The first-order valence-electron chi connectivity index (χ1n) is 8.34. The SMILES string of the molecule is CCCC(CCO)CN=C(NCC)NCC(CC)CC.I.